The summed E-state index contributed by atoms with van der Waals surface area (Å²) in [5, 5.41) is 0. The van der Waals surface area contributed by atoms with Gasteiger partial charge in [-0.3, -0.25) is 9.69 Å². The van der Waals surface area contributed by atoms with E-state index in [4.69, 9.17) is 9.47 Å². The Balaban J connectivity index is 1.21. The van der Waals surface area contributed by atoms with E-state index in [1.807, 2.05) is 25.7 Å². The Morgan fingerprint density at radius 3 is 2.42 bits per heavy atom. The fraction of sp³-hybridized carbons (Fsp3) is 0.667. The molecule has 0 spiro atoms. The number of rotatable bonds is 3. The number of likely N-dealkylation sites (tertiary alicyclic amines) is 1. The lowest BCUT2D eigenvalue weighted by molar-refractivity contribution is -0.139. The van der Waals surface area contributed by atoms with E-state index >= 15 is 0 Å². The van der Waals surface area contributed by atoms with Crippen LogP contribution in [0.5, 0.6) is 5.75 Å². The molecule has 1 aromatic carbocycles. The van der Waals surface area contributed by atoms with Crippen LogP contribution in [0.3, 0.4) is 0 Å². The zero-order valence-corrected chi connectivity index (χ0v) is 19.1. The van der Waals surface area contributed by atoms with E-state index < -0.39 is 5.60 Å². The SMILES string of the molecule is CC(C)(C)OC(=O)N1CCC(C(=O)N2CCN(Cc3ccc4c(c3)CCO4)CC2)CC1. The zero-order chi connectivity index (χ0) is 22.0. The minimum absolute atomic E-state index is 0.0157. The molecule has 3 aliphatic rings. The van der Waals surface area contributed by atoms with Crippen LogP contribution in [0.4, 0.5) is 4.79 Å². The van der Waals surface area contributed by atoms with Crippen molar-refractivity contribution in [1.82, 2.24) is 14.7 Å². The van der Waals surface area contributed by atoms with Gasteiger partial charge in [-0.1, -0.05) is 12.1 Å². The fourth-order valence-electron chi connectivity index (χ4n) is 4.62. The van der Waals surface area contributed by atoms with Crippen LogP contribution < -0.4 is 4.74 Å². The highest BCUT2D eigenvalue weighted by Gasteiger charge is 2.33. The highest BCUT2D eigenvalue weighted by Crippen LogP contribution is 2.27. The molecule has 170 valence electrons. The average molecular weight is 430 g/mol. The number of amides is 2. The van der Waals surface area contributed by atoms with E-state index in [1.165, 1.54) is 11.1 Å². The predicted octanol–water partition coefficient (Wildman–Crippen LogP) is 2.91. The highest BCUT2D eigenvalue weighted by molar-refractivity contribution is 5.79. The second-order valence-corrected chi connectivity index (χ2v) is 9.88. The van der Waals surface area contributed by atoms with E-state index in [0.717, 1.165) is 64.3 Å². The molecule has 1 aromatic rings. The number of hydrogen-bond acceptors (Lipinski definition) is 5. The lowest BCUT2D eigenvalue weighted by Gasteiger charge is -2.38. The van der Waals surface area contributed by atoms with Gasteiger partial charge in [0.05, 0.1) is 6.61 Å². The van der Waals surface area contributed by atoms with E-state index in [0.29, 0.717) is 13.1 Å². The molecular formula is C24H35N3O4. The molecule has 3 heterocycles. The second kappa shape index (κ2) is 9.07. The minimum Gasteiger partial charge on any atom is -0.493 e. The molecule has 7 heteroatoms. The van der Waals surface area contributed by atoms with Crippen LogP contribution in [-0.4, -0.2) is 78.2 Å². The van der Waals surface area contributed by atoms with Gasteiger partial charge in [0.1, 0.15) is 11.4 Å². The van der Waals surface area contributed by atoms with Crippen LogP contribution in [0.1, 0.15) is 44.7 Å². The van der Waals surface area contributed by atoms with Gasteiger partial charge in [0.25, 0.3) is 0 Å². The standard InChI is InChI=1S/C24H35N3O4/c1-24(2,3)31-23(29)27-9-6-19(7-10-27)22(28)26-13-11-25(12-14-26)17-18-4-5-21-20(16-18)8-15-30-21/h4-5,16,19H,6-15,17H2,1-3H3. The van der Waals surface area contributed by atoms with Crippen molar-refractivity contribution in [3.63, 3.8) is 0 Å². The summed E-state index contributed by atoms with van der Waals surface area (Å²) in [5.41, 5.74) is 2.14. The van der Waals surface area contributed by atoms with Crippen molar-refractivity contribution in [2.24, 2.45) is 5.92 Å². The summed E-state index contributed by atoms with van der Waals surface area (Å²) < 4.78 is 11.0. The smallest absolute Gasteiger partial charge is 0.410 e. The van der Waals surface area contributed by atoms with Crippen LogP contribution in [0.2, 0.25) is 0 Å². The van der Waals surface area contributed by atoms with Crippen LogP contribution in [-0.2, 0) is 22.5 Å². The van der Waals surface area contributed by atoms with Gasteiger partial charge in [0, 0.05) is 58.2 Å². The molecule has 2 amide bonds. The largest absolute Gasteiger partial charge is 0.493 e. The molecule has 0 saturated carbocycles. The number of fused-ring (bicyclic) bond motifs is 1. The third-order valence-electron chi connectivity index (χ3n) is 6.34. The van der Waals surface area contributed by atoms with Gasteiger partial charge < -0.3 is 19.3 Å². The molecule has 0 unspecified atom stereocenters. The first-order chi connectivity index (χ1) is 14.8. The Morgan fingerprint density at radius 1 is 1.03 bits per heavy atom. The molecule has 3 aliphatic heterocycles. The first-order valence-corrected chi connectivity index (χ1v) is 11.5. The number of benzene rings is 1. The number of hydrogen-bond donors (Lipinski definition) is 0. The second-order valence-electron chi connectivity index (χ2n) is 9.88. The van der Waals surface area contributed by atoms with Crippen molar-refractivity contribution >= 4 is 12.0 Å². The molecule has 0 aliphatic carbocycles. The molecule has 0 radical (unpaired) electrons. The minimum atomic E-state index is -0.489. The van der Waals surface area contributed by atoms with Gasteiger partial charge in [-0.15, -0.1) is 0 Å². The Labute approximate surface area is 185 Å². The zero-order valence-electron chi connectivity index (χ0n) is 19.1. The summed E-state index contributed by atoms with van der Waals surface area (Å²) in [7, 11) is 0. The molecular weight excluding hydrogens is 394 g/mol. The number of nitrogens with zero attached hydrogens (tertiary/aromatic N) is 3. The topological polar surface area (TPSA) is 62.3 Å². The number of carbonyl (C=O) groups is 2. The molecule has 2 fully saturated rings. The lowest BCUT2D eigenvalue weighted by Crippen LogP contribution is -2.51. The molecule has 2 saturated heterocycles. The first-order valence-electron chi connectivity index (χ1n) is 11.5. The number of ether oxygens (including phenoxy) is 2. The van der Waals surface area contributed by atoms with Crippen LogP contribution in [0.25, 0.3) is 0 Å². The van der Waals surface area contributed by atoms with Crippen molar-refractivity contribution in [2.45, 2.75) is 52.2 Å². The molecule has 0 N–H and O–H groups in total. The van der Waals surface area contributed by atoms with Gasteiger partial charge in [0.2, 0.25) is 5.91 Å². The Kier molecular flexibility index (Phi) is 6.42. The highest BCUT2D eigenvalue weighted by atomic mass is 16.6. The summed E-state index contributed by atoms with van der Waals surface area (Å²) >= 11 is 0. The van der Waals surface area contributed by atoms with Crippen LogP contribution in [0, 0.1) is 5.92 Å². The van der Waals surface area contributed by atoms with Crippen molar-refractivity contribution < 1.29 is 19.1 Å². The molecule has 7 nitrogen and oxygen atoms in total. The van der Waals surface area contributed by atoms with E-state index in [1.54, 1.807) is 4.90 Å². The Morgan fingerprint density at radius 2 is 1.74 bits per heavy atom. The van der Waals surface area contributed by atoms with E-state index in [-0.39, 0.29) is 17.9 Å². The third-order valence-corrected chi connectivity index (χ3v) is 6.34. The summed E-state index contributed by atoms with van der Waals surface area (Å²) in [6, 6.07) is 6.50. The van der Waals surface area contributed by atoms with Crippen LogP contribution in [0.15, 0.2) is 18.2 Å². The molecule has 0 bridgehead atoms. The summed E-state index contributed by atoms with van der Waals surface area (Å²) in [5.74, 6) is 1.29. The van der Waals surface area contributed by atoms with Crippen molar-refractivity contribution in [3.05, 3.63) is 29.3 Å². The Hall–Kier alpha value is -2.28. The van der Waals surface area contributed by atoms with Crippen molar-refractivity contribution in [3.8, 4) is 5.75 Å². The molecule has 0 aromatic heterocycles. The van der Waals surface area contributed by atoms with E-state index in [2.05, 4.69) is 23.1 Å². The summed E-state index contributed by atoms with van der Waals surface area (Å²) in [4.78, 5) is 31.4. The fourth-order valence-corrected chi connectivity index (χ4v) is 4.62. The van der Waals surface area contributed by atoms with E-state index in [9.17, 15) is 9.59 Å². The average Bonchev–Trinajstić information content (AvgIpc) is 3.21. The number of piperidine rings is 1. The third kappa shape index (κ3) is 5.50. The molecule has 4 rings (SSSR count). The van der Waals surface area contributed by atoms with Crippen molar-refractivity contribution in [1.29, 1.82) is 0 Å². The van der Waals surface area contributed by atoms with Gasteiger partial charge in [-0.25, -0.2) is 4.79 Å². The predicted molar refractivity (Wildman–Crippen MR) is 118 cm³/mol. The van der Waals surface area contributed by atoms with Crippen LogP contribution >= 0.6 is 0 Å². The molecule has 31 heavy (non-hydrogen) atoms. The summed E-state index contributed by atoms with van der Waals surface area (Å²) in [6.45, 7) is 11.9. The lowest BCUT2D eigenvalue weighted by atomic mass is 9.95. The van der Waals surface area contributed by atoms with Gasteiger partial charge in [0.15, 0.2) is 0 Å². The Bertz CT molecular complexity index is 804. The van der Waals surface area contributed by atoms with Gasteiger partial charge >= 0.3 is 6.09 Å². The van der Waals surface area contributed by atoms with Crippen molar-refractivity contribution in [2.75, 3.05) is 45.9 Å². The number of carbonyl (C=O) groups excluding carboxylic acids is 2. The first kappa shape index (κ1) is 21.9. The summed E-state index contributed by atoms with van der Waals surface area (Å²) in [6.07, 6.45) is 2.16. The maximum atomic E-state index is 13.0. The maximum Gasteiger partial charge on any atom is 0.410 e. The normalized spacial score (nSPS) is 20.4. The quantitative estimate of drug-likeness (QED) is 0.739. The monoisotopic (exact) mass is 429 g/mol. The van der Waals surface area contributed by atoms with Gasteiger partial charge in [-0.05, 0) is 50.8 Å². The maximum absolute atomic E-state index is 13.0. The van der Waals surface area contributed by atoms with Gasteiger partial charge in [-0.2, -0.15) is 0 Å². The number of piperazine rings is 1. The molecule has 0 atom stereocenters.